The molecule has 0 spiro atoms. The summed E-state index contributed by atoms with van der Waals surface area (Å²) in [6, 6.07) is 0. The second-order valence-electron chi connectivity index (χ2n) is 5.82. The van der Waals surface area contributed by atoms with E-state index in [4.69, 9.17) is 8.85 Å². The molecule has 0 atom stereocenters. The van der Waals surface area contributed by atoms with Gasteiger partial charge in [-0.15, -0.1) is 0 Å². The molecule has 0 radical (unpaired) electrons. The molecule has 3 heteroatoms. The maximum absolute atomic E-state index is 6.05. The first-order chi connectivity index (χ1) is 7.68. The zero-order chi connectivity index (χ0) is 11.6. The molecule has 0 saturated heterocycles. The first-order valence-electron chi connectivity index (χ1n) is 6.79. The molecule has 0 heterocycles. The minimum atomic E-state index is -1.98. The maximum atomic E-state index is 6.05. The highest BCUT2D eigenvalue weighted by Gasteiger charge is 2.59. The molecule has 0 unspecified atom stereocenters. The van der Waals surface area contributed by atoms with Gasteiger partial charge in [-0.2, -0.15) is 0 Å². The van der Waals surface area contributed by atoms with Gasteiger partial charge in [-0.05, 0) is 25.7 Å². The topological polar surface area (TPSA) is 18.5 Å². The average molecular weight is 242 g/mol. The summed E-state index contributed by atoms with van der Waals surface area (Å²) in [5.41, 5.74) is 0.755. The first kappa shape index (κ1) is 12.6. The Kier molecular flexibility index (Phi) is 3.77. The van der Waals surface area contributed by atoms with Crippen molar-refractivity contribution < 1.29 is 8.85 Å². The van der Waals surface area contributed by atoms with Gasteiger partial charge in [0.25, 0.3) is 0 Å². The van der Waals surface area contributed by atoms with E-state index in [9.17, 15) is 0 Å². The van der Waals surface area contributed by atoms with Crippen molar-refractivity contribution in [3.05, 3.63) is 0 Å². The Hall–Kier alpha value is 0.137. The van der Waals surface area contributed by atoms with Crippen LogP contribution in [0.25, 0.3) is 0 Å². The molecule has 16 heavy (non-hydrogen) atoms. The lowest BCUT2D eigenvalue weighted by Gasteiger charge is -2.52. The van der Waals surface area contributed by atoms with Crippen LogP contribution in [0.15, 0.2) is 0 Å². The van der Waals surface area contributed by atoms with Crippen molar-refractivity contribution in [1.29, 1.82) is 0 Å². The van der Waals surface area contributed by atoms with Crippen molar-refractivity contribution >= 4 is 8.56 Å². The summed E-state index contributed by atoms with van der Waals surface area (Å²) in [7, 11) is 1.81. The Morgan fingerprint density at radius 2 is 1.50 bits per heavy atom. The van der Waals surface area contributed by atoms with E-state index < -0.39 is 8.56 Å². The van der Waals surface area contributed by atoms with Crippen LogP contribution in [0.1, 0.15) is 58.3 Å². The van der Waals surface area contributed by atoms with Gasteiger partial charge in [-0.3, -0.25) is 0 Å². The van der Waals surface area contributed by atoms with Crippen LogP contribution in [0.2, 0.25) is 10.6 Å². The van der Waals surface area contributed by atoms with E-state index >= 15 is 0 Å². The highest BCUT2D eigenvalue weighted by Crippen LogP contribution is 2.58. The third kappa shape index (κ3) is 1.77. The van der Waals surface area contributed by atoms with E-state index in [2.05, 4.69) is 6.92 Å². The summed E-state index contributed by atoms with van der Waals surface area (Å²) in [6.45, 7) is 2.43. The van der Waals surface area contributed by atoms with Crippen molar-refractivity contribution in [2.24, 2.45) is 0 Å². The highest BCUT2D eigenvalue weighted by atomic mass is 28.4. The van der Waals surface area contributed by atoms with E-state index in [1.54, 1.807) is 0 Å². The quantitative estimate of drug-likeness (QED) is 0.694. The molecule has 2 fully saturated rings. The highest BCUT2D eigenvalue weighted by molar-refractivity contribution is 6.72. The Balaban J connectivity index is 2.21. The average Bonchev–Trinajstić information content (AvgIpc) is 2.24. The summed E-state index contributed by atoms with van der Waals surface area (Å²) in [5.74, 6) is 0. The van der Waals surface area contributed by atoms with Gasteiger partial charge >= 0.3 is 8.56 Å². The van der Waals surface area contributed by atoms with Gasteiger partial charge in [0.2, 0.25) is 0 Å². The second kappa shape index (κ2) is 4.79. The largest absolute Gasteiger partial charge is 0.397 e. The third-order valence-electron chi connectivity index (χ3n) is 5.05. The van der Waals surface area contributed by atoms with Gasteiger partial charge in [0.05, 0.1) is 0 Å². The molecule has 0 bridgehead atoms. The van der Waals surface area contributed by atoms with Crippen LogP contribution >= 0.6 is 0 Å². The van der Waals surface area contributed by atoms with E-state index in [1.165, 1.54) is 51.4 Å². The third-order valence-corrected chi connectivity index (χ3v) is 10.1. The molecule has 2 nitrogen and oxygen atoms in total. The molecule has 2 aliphatic rings. The van der Waals surface area contributed by atoms with Gasteiger partial charge in [0, 0.05) is 24.8 Å². The zero-order valence-corrected chi connectivity index (χ0v) is 12.1. The van der Waals surface area contributed by atoms with E-state index in [0.29, 0.717) is 5.04 Å². The predicted molar refractivity (Wildman–Crippen MR) is 68.8 cm³/mol. The minimum absolute atomic E-state index is 0.361. The summed E-state index contributed by atoms with van der Waals surface area (Å²) in [6.07, 6.45) is 10.8. The Labute approximate surface area is 101 Å². The lowest BCUT2D eigenvalue weighted by atomic mass is 9.89. The molecule has 0 N–H and O–H groups in total. The predicted octanol–water partition coefficient (Wildman–Crippen LogP) is 4.00. The Morgan fingerprint density at radius 3 is 1.88 bits per heavy atom. The molecule has 2 saturated carbocycles. The molecule has 2 aliphatic carbocycles. The van der Waals surface area contributed by atoms with Crippen molar-refractivity contribution in [2.45, 2.75) is 68.9 Å². The fraction of sp³-hybridized carbons (Fsp3) is 1.00. The summed E-state index contributed by atoms with van der Waals surface area (Å²) in [5, 5.41) is 0.361. The normalized spacial score (nSPS) is 26.4. The summed E-state index contributed by atoms with van der Waals surface area (Å²) in [4.78, 5) is 0. The summed E-state index contributed by atoms with van der Waals surface area (Å²) < 4.78 is 12.1. The molecule has 0 amide bonds. The molecule has 2 rings (SSSR count). The molecule has 0 aromatic carbocycles. The van der Waals surface area contributed by atoms with Crippen molar-refractivity contribution in [3.8, 4) is 0 Å². The molecule has 0 aromatic rings. The summed E-state index contributed by atoms with van der Waals surface area (Å²) >= 11 is 0. The molecular weight excluding hydrogens is 216 g/mol. The van der Waals surface area contributed by atoms with Crippen molar-refractivity contribution in [3.63, 3.8) is 0 Å². The van der Waals surface area contributed by atoms with Gasteiger partial charge in [0.15, 0.2) is 0 Å². The first-order valence-corrected chi connectivity index (χ1v) is 8.68. The van der Waals surface area contributed by atoms with Crippen LogP contribution in [0, 0.1) is 0 Å². The molecular formula is C13H26O2Si. The smallest absolute Gasteiger partial charge is 0.346 e. The second-order valence-corrected chi connectivity index (χ2v) is 10.00. The van der Waals surface area contributed by atoms with Crippen LogP contribution in [0.3, 0.4) is 0 Å². The van der Waals surface area contributed by atoms with Crippen molar-refractivity contribution in [2.75, 3.05) is 14.2 Å². The Bertz CT molecular complexity index is 228. The van der Waals surface area contributed by atoms with Crippen LogP contribution in [0.4, 0.5) is 0 Å². The maximum Gasteiger partial charge on any atom is 0.346 e. The van der Waals surface area contributed by atoms with E-state index in [0.717, 1.165) is 5.54 Å². The van der Waals surface area contributed by atoms with Crippen LogP contribution in [-0.2, 0) is 8.85 Å². The standard InChI is InChI=1S/C13H26O2Si/c1-13(10-5-4-6-11-13)16(14-2,15-3)12-8-7-9-12/h12H,4-11H2,1-3H3. The van der Waals surface area contributed by atoms with Gasteiger partial charge < -0.3 is 8.85 Å². The Morgan fingerprint density at radius 1 is 0.938 bits per heavy atom. The molecule has 0 aromatic heterocycles. The fourth-order valence-corrected chi connectivity index (χ4v) is 8.89. The van der Waals surface area contributed by atoms with Gasteiger partial charge in [-0.1, -0.05) is 32.6 Å². The van der Waals surface area contributed by atoms with E-state index in [1.807, 2.05) is 14.2 Å². The number of hydrogen-bond acceptors (Lipinski definition) is 2. The molecule has 94 valence electrons. The lowest BCUT2D eigenvalue weighted by Crippen LogP contribution is -2.57. The van der Waals surface area contributed by atoms with E-state index in [-0.39, 0.29) is 0 Å². The minimum Gasteiger partial charge on any atom is -0.397 e. The SMILES string of the molecule is CO[Si](OC)(C1CCC1)C1(C)CCCCC1. The number of rotatable bonds is 4. The number of hydrogen-bond donors (Lipinski definition) is 0. The monoisotopic (exact) mass is 242 g/mol. The van der Waals surface area contributed by atoms with Crippen LogP contribution in [0.5, 0.6) is 0 Å². The van der Waals surface area contributed by atoms with Crippen molar-refractivity contribution in [1.82, 2.24) is 0 Å². The lowest BCUT2D eigenvalue weighted by molar-refractivity contribution is 0.157. The van der Waals surface area contributed by atoms with Gasteiger partial charge in [0.1, 0.15) is 0 Å². The fourth-order valence-electron chi connectivity index (χ4n) is 3.87. The zero-order valence-electron chi connectivity index (χ0n) is 11.1. The van der Waals surface area contributed by atoms with Crippen LogP contribution < -0.4 is 0 Å². The van der Waals surface area contributed by atoms with Crippen LogP contribution in [-0.4, -0.2) is 22.8 Å². The molecule has 0 aliphatic heterocycles. The van der Waals surface area contributed by atoms with Gasteiger partial charge in [-0.25, -0.2) is 0 Å².